The number of amides is 10. The van der Waals surface area contributed by atoms with Crippen LogP contribution < -0.4 is 79.8 Å². The molecule has 0 unspecified atom stereocenters. The Bertz CT molecular complexity index is 9020. The van der Waals surface area contributed by atoms with Crippen molar-refractivity contribution in [2.24, 2.45) is 58.1 Å². The number of rotatable bonds is 25. The van der Waals surface area contributed by atoms with Gasteiger partial charge in [-0.15, -0.1) is 0 Å². The molecule has 130 heavy (non-hydrogen) atoms. The lowest BCUT2D eigenvalue weighted by Crippen LogP contribution is -2.47. The maximum absolute atomic E-state index is 11.7. The van der Waals surface area contributed by atoms with E-state index in [9.17, 15) is 24.0 Å². The van der Waals surface area contributed by atoms with Crippen LogP contribution in [0.4, 0.5) is 52.4 Å². The molecule has 720 valence electrons. The fraction of sp³-hybridized carbons (Fsp3) is 0.650. The summed E-state index contributed by atoms with van der Waals surface area (Å²) in [6, 6.07) is -10.4. The Morgan fingerprint density at radius 2 is 0.469 bits per heavy atom. The SMILES string of the molecule is [2H]C([2H])(CC1([2H])C([2H])([2H])C([2H])([2H])C([2H])(NC(N)=O)C([2H])([2H])C1([2H])[2H])N1C([2H])([2H])C([2H])([2H])N(c2cccc(C)c2Cl)C([2H])([2H])C1([2H])[2H].[2H]C([2H])(CC1([2H])C([2H])([2H])C([2H])([2H])C([2H])(NC(N)=O)C([2H])([2H])C1([2H])[2H])N1C([2H])([2H])C([2H])([2H])N(c2cccc(C)c2Cl)C([2H])([2H])C1([2H])[2H].[2H]C([2H])(CN1C([2H])([2H])C([2H])([2H])N(c2cccc(C)c2Cl)C([2H])([2H])C1([2H])[2H])C1([2H])C([2H])([2H])C([2H])([2H])C([2H])(NC(N)=O)C([2H])([2H])C1([2H])[2H].[2H]C1([2H])N(c2cccc(C)c2Cl)C([2H])([2H])C([2H])([2H])N(C([2H])([2H])C([2H])([2H])C2([2H])C([2H])([2H])C([2H])([2H])C([2H])(NC(N)=O)C([2H])([2H])C2([2H])[2H])C1([2H])[2H].[2H]C1([2H])N(c2cccc(C)c2Cl)C([2H])([2H])C([2H])([2H])N(C([2H])([2H])C([2H])([2H])C2([2H])C([2H])([2H])C([2H])([2H])C([2H])(NC(N)=O)C([2H])([2H])C2([2H])[2H])C1([2H])[2H]. The van der Waals surface area contributed by atoms with Crippen LogP contribution in [0.1, 0.15) is 330 Å². The van der Waals surface area contributed by atoms with E-state index in [1.54, 1.807) is 0 Å². The van der Waals surface area contributed by atoms with Crippen molar-refractivity contribution in [2.45, 2.75) is 224 Å². The van der Waals surface area contributed by atoms with Gasteiger partial charge in [-0.3, -0.25) is 24.5 Å². The maximum Gasteiger partial charge on any atom is 0.312 e. The van der Waals surface area contributed by atoms with Crippen LogP contribution in [0.15, 0.2) is 91.0 Å². The van der Waals surface area contributed by atoms with Gasteiger partial charge >= 0.3 is 30.2 Å². The fourth-order valence-corrected chi connectivity index (χ4v) is 11.0. The lowest BCUT2D eigenvalue weighted by molar-refractivity contribution is 0.207. The molecule has 5 saturated carbocycles. The number of benzene rings is 5. The lowest BCUT2D eigenvalue weighted by atomic mass is 9.84. The molecule has 0 aromatic heterocycles. The number of hydrogen-bond acceptors (Lipinski definition) is 15. The number of anilines is 5. The molecule has 10 amide bonds. The van der Waals surface area contributed by atoms with E-state index in [-0.39, 0.29) is 82.3 Å². The summed E-state index contributed by atoms with van der Waals surface area (Å²) in [6.07, 6.45) is -105. The number of aryl methyl sites for hydroxylation is 5. The standard InChI is InChI=1S/5C20H31ClN4O/c5*1-15-3-2-4-18(19(15)21)25-13-11-24(12-14-25)10-9-16-5-7-17(8-6-16)23-20(22)26/h5*2-4,16-17H,5-14H2,1H3,(H3,22,23,26)/i2*5D2,6D2,7D2,8D2,9D2,10D2,11D2,12D2,13D2,14D2,16D,17D;2*5D2,6D2,7D2,8D2,10D2,11D2,12D2,13D2,14D2,16D,17D;5D2,6D2,7D2,8D2,9D2,11D2,12D2,13D2,14D2,16D,17D. The predicted octanol–water partition coefficient (Wildman–Crippen LogP) is 16.9. The van der Waals surface area contributed by atoms with Gasteiger partial charge in [0, 0.05) is 268 Å². The molecule has 25 nitrogen and oxygen atoms in total. The number of nitrogens with one attached hydrogen (secondary N) is 5. The Morgan fingerprint density at radius 1 is 0.285 bits per heavy atom. The molecule has 15 rings (SSSR count). The quantitative estimate of drug-likeness (QED) is 0.0260. The highest BCUT2D eigenvalue weighted by Gasteiger charge is 2.32. The van der Waals surface area contributed by atoms with Gasteiger partial charge in [0.1, 0.15) is 0 Å². The molecule has 5 aromatic carbocycles. The fourth-order valence-electron chi connectivity index (χ4n) is 9.91. The minimum absolute atomic E-state index is 0.0265. The molecule has 15 N–H and O–H groups in total. The van der Waals surface area contributed by atoms with E-state index in [1.165, 1.54) is 122 Å². The van der Waals surface area contributed by atoms with Crippen molar-refractivity contribution < 1.29 is 167 Å². The molecule has 10 aliphatic rings. The van der Waals surface area contributed by atoms with Gasteiger partial charge in [0.2, 0.25) is 0 Å². The maximum atomic E-state index is 11.7. The molecule has 0 radical (unpaired) electrons. The number of nitrogens with zero attached hydrogens (tertiary/aromatic N) is 10. The summed E-state index contributed by atoms with van der Waals surface area (Å²) >= 11 is 31.4. The molecule has 10 fully saturated rings. The monoisotopic (exact) mass is 2000 g/mol. The first-order valence-electron chi connectivity index (χ1n) is 88.9. The molecule has 5 aliphatic heterocycles. The number of primary amides is 5. The molecule has 5 aliphatic carbocycles. The summed E-state index contributed by atoms with van der Waals surface area (Å²) < 4.78 is 892. The first-order chi connectivity index (χ1) is 102. The first-order valence-corrected chi connectivity index (χ1v) is 38.8. The Hall–Kier alpha value is -7.30. The second-order valence-corrected chi connectivity index (χ2v) is 27.5. The highest BCUT2D eigenvalue weighted by atomic mass is 35.5. The van der Waals surface area contributed by atoms with Gasteiger partial charge in [-0.05, 0) is 314 Å². The van der Waals surface area contributed by atoms with Crippen LogP contribution in [0.2, 0.25) is 25.1 Å². The van der Waals surface area contributed by atoms with E-state index < -0.39 is 460 Å². The van der Waals surface area contributed by atoms with Crippen LogP contribution in [0, 0.1) is 64.1 Å². The van der Waals surface area contributed by atoms with Crippen molar-refractivity contribution in [2.75, 3.05) is 187 Å². The van der Waals surface area contributed by atoms with E-state index in [2.05, 4.69) is 0 Å². The molecule has 5 aromatic rings. The Morgan fingerprint density at radius 3 is 0.677 bits per heavy atom. The Balaban J connectivity index is 0.000000265. The Kier molecular flexibility index (Phi) is 13.3. The summed E-state index contributed by atoms with van der Waals surface area (Å²) in [7, 11) is 0. The Labute approximate surface area is 948 Å². The number of carbonyl (C=O) groups is 5. The summed E-state index contributed by atoms with van der Waals surface area (Å²) in [6.45, 7) is -91.2. The number of carbonyl (C=O) groups excluding carboxylic acids is 5. The largest absolute Gasteiger partial charge is 0.368 e. The molecular formula is C100H155Cl5N20O5. The summed E-state index contributed by atoms with van der Waals surface area (Å²) in [5.41, 5.74) is 23.0. The normalized spacial score (nSPS) is 58.2. The van der Waals surface area contributed by atoms with Gasteiger partial charge in [0.05, 0.1) is 87.8 Å². The van der Waals surface area contributed by atoms with Crippen LogP contribution in [-0.4, -0.2) is 247 Å². The van der Waals surface area contributed by atoms with Crippen molar-refractivity contribution in [3.05, 3.63) is 144 Å². The first kappa shape index (κ1) is 32.4. The third-order valence-corrected chi connectivity index (χ3v) is 18.6. The number of nitrogens with two attached hydrogens (primary N) is 5. The van der Waals surface area contributed by atoms with Crippen molar-refractivity contribution in [1.29, 1.82) is 0 Å². The average molecular weight is 2000 g/mol. The van der Waals surface area contributed by atoms with Gasteiger partial charge in [0.25, 0.3) is 0 Å². The number of urea groups is 5. The van der Waals surface area contributed by atoms with Crippen LogP contribution in [0.5, 0.6) is 0 Å². The molecule has 0 bridgehead atoms. The highest BCUT2D eigenvalue weighted by Crippen LogP contribution is 2.38. The van der Waals surface area contributed by atoms with Crippen LogP contribution in [0.3, 0.4) is 0 Å². The van der Waals surface area contributed by atoms with E-state index in [0.29, 0.717) is 0 Å². The molecule has 30 heteroatoms. The third-order valence-electron chi connectivity index (χ3n) is 16.1. The second-order valence-electron chi connectivity index (χ2n) is 25.6. The molecule has 0 spiro atoms. The van der Waals surface area contributed by atoms with Crippen LogP contribution in [0.25, 0.3) is 0 Å². The van der Waals surface area contributed by atoms with E-state index in [4.69, 9.17) is 229 Å². The van der Waals surface area contributed by atoms with Crippen molar-refractivity contribution in [3.8, 4) is 0 Å². The third kappa shape index (κ3) is 33.4. The molecule has 0 atom stereocenters. The van der Waals surface area contributed by atoms with Crippen LogP contribution in [-0.2, 0) is 0 Å². The van der Waals surface area contributed by atoms with Gasteiger partial charge < -0.3 is 79.8 Å². The van der Waals surface area contributed by atoms with E-state index >= 15 is 0 Å². The second kappa shape index (κ2) is 53.1. The van der Waals surface area contributed by atoms with E-state index in [0.717, 1.165) is 30.3 Å². The average Bonchev–Trinajstić information content (AvgIpc) is 0.581. The highest BCUT2D eigenvalue weighted by molar-refractivity contribution is 6.35. The van der Waals surface area contributed by atoms with Gasteiger partial charge in [-0.1, -0.05) is 119 Å². The number of halogens is 5. The van der Waals surface area contributed by atoms with Crippen LogP contribution >= 0.6 is 58.0 Å². The summed E-state index contributed by atoms with van der Waals surface area (Å²) in [5, 5.41) is 4.84. The van der Waals surface area contributed by atoms with Gasteiger partial charge in [-0.25, -0.2) is 24.0 Å². The topological polar surface area (TPSA) is 308 Å². The minimum atomic E-state index is -4.90. The zero-order valence-electron chi connectivity index (χ0n) is 172. The van der Waals surface area contributed by atoms with Crippen molar-refractivity contribution in [1.82, 2.24) is 51.1 Å². The molecule has 5 heterocycles. The molecular weight excluding hydrogens is 1740 g/mol. The summed E-state index contributed by atoms with van der Waals surface area (Å²) in [4.78, 5) is 54.6. The zero-order chi connectivity index (χ0) is 186. The predicted molar refractivity (Wildman–Crippen MR) is 540 cm³/mol. The summed E-state index contributed by atoms with van der Waals surface area (Å²) in [5.74, 6) is -22.2. The molecule has 5 saturated heterocycles. The minimum Gasteiger partial charge on any atom is -0.368 e. The van der Waals surface area contributed by atoms with Crippen molar-refractivity contribution in [3.63, 3.8) is 0 Å². The number of hydrogen-bond donors (Lipinski definition) is 10. The van der Waals surface area contributed by atoms with Crippen molar-refractivity contribution >= 4 is 117 Å². The van der Waals surface area contributed by atoms with Gasteiger partial charge in [-0.2, -0.15) is 0 Å². The smallest absolute Gasteiger partial charge is 0.312 e. The number of piperazine rings is 5. The van der Waals surface area contributed by atoms with Gasteiger partial charge in [0.15, 0.2) is 0 Å². The lowest BCUT2D eigenvalue weighted by Gasteiger charge is -2.37. The van der Waals surface area contributed by atoms with E-state index in [1.807, 2.05) is 0 Å². The zero-order valence-corrected chi connectivity index (χ0v) is 71.9.